The minimum absolute atomic E-state index is 0.0623. The normalized spacial score (nSPS) is 28.8. The Morgan fingerprint density at radius 2 is 1.71 bits per heavy atom. The molecular weight excluding hydrogens is 504 g/mol. The molecule has 0 unspecified atom stereocenters. The van der Waals surface area contributed by atoms with Gasteiger partial charge in [-0.1, -0.05) is 17.7 Å². The summed E-state index contributed by atoms with van der Waals surface area (Å²) in [5.41, 5.74) is 0.814. The standard InChI is InChI=1S/C26H30O12/c1-10(2)3-5-12-15(37-26-24(35)22(33)20(31)17(9-27)38-26)8-16-18(19(12)30)21(32)23(34)25(36-16)11-4-6-13(28)14(29)7-11/h3-4,6-8,17,20,22-31,33-35H,5,9H2,1-2H3/t17-,20+,22-,23-,24+,25-,26+/m0/s1. The van der Waals surface area contributed by atoms with Crippen molar-refractivity contribution in [1.29, 1.82) is 0 Å². The van der Waals surface area contributed by atoms with Crippen LogP contribution in [0.1, 0.15) is 41.4 Å². The molecule has 0 aromatic heterocycles. The van der Waals surface area contributed by atoms with Crippen LogP contribution in [0.4, 0.5) is 0 Å². The number of fused-ring (bicyclic) bond motifs is 1. The topological polar surface area (TPSA) is 207 Å². The summed E-state index contributed by atoms with van der Waals surface area (Å²) in [7, 11) is 0. The second-order valence-corrected chi connectivity index (χ2v) is 9.47. The van der Waals surface area contributed by atoms with Crippen LogP contribution in [0, 0.1) is 0 Å². The maximum atomic E-state index is 13.2. The molecule has 0 radical (unpaired) electrons. The highest BCUT2D eigenvalue weighted by atomic mass is 16.7. The van der Waals surface area contributed by atoms with E-state index in [-0.39, 0.29) is 34.6 Å². The number of phenols is 3. The van der Waals surface area contributed by atoms with Crippen LogP contribution in [0.2, 0.25) is 0 Å². The van der Waals surface area contributed by atoms with Gasteiger partial charge in [-0.15, -0.1) is 0 Å². The number of ketones is 1. The minimum atomic E-state index is -1.76. The molecule has 1 saturated heterocycles. The van der Waals surface area contributed by atoms with Gasteiger partial charge in [-0.3, -0.25) is 4.79 Å². The molecule has 2 aliphatic heterocycles. The van der Waals surface area contributed by atoms with Crippen molar-refractivity contribution in [1.82, 2.24) is 0 Å². The monoisotopic (exact) mass is 534 g/mol. The Balaban J connectivity index is 1.78. The van der Waals surface area contributed by atoms with Crippen LogP contribution in [-0.4, -0.2) is 90.1 Å². The summed E-state index contributed by atoms with van der Waals surface area (Å²) < 4.78 is 17.1. The molecule has 7 atom stereocenters. The first kappa shape index (κ1) is 27.6. The highest BCUT2D eigenvalue weighted by molar-refractivity contribution is 6.06. The number of carbonyl (C=O) groups excluding carboxylic acids is 1. The maximum Gasteiger partial charge on any atom is 0.229 e. The fraction of sp³-hybridized carbons (Fsp3) is 0.423. The SMILES string of the molecule is CC(C)=CCc1c(O[C@@H]2O[C@@H](CO)[C@@H](O)[C@H](O)[C@H]2O)cc2c(c1O)C(=O)[C@H](O)[C@H](c1ccc(O)c(O)c1)O2. The first-order valence-corrected chi connectivity index (χ1v) is 11.8. The quantitative estimate of drug-likeness (QED) is 0.184. The molecular formula is C26H30O12. The highest BCUT2D eigenvalue weighted by Crippen LogP contribution is 2.46. The number of hydrogen-bond donors (Lipinski definition) is 8. The van der Waals surface area contributed by atoms with E-state index in [0.717, 1.165) is 17.7 Å². The smallest absolute Gasteiger partial charge is 0.229 e. The number of hydrogen-bond acceptors (Lipinski definition) is 12. The molecule has 2 heterocycles. The molecule has 0 aliphatic carbocycles. The van der Waals surface area contributed by atoms with Gasteiger partial charge in [0.15, 0.2) is 23.7 Å². The van der Waals surface area contributed by atoms with Crippen molar-refractivity contribution in [3.05, 3.63) is 52.6 Å². The van der Waals surface area contributed by atoms with E-state index in [2.05, 4.69) is 0 Å². The summed E-state index contributed by atoms with van der Waals surface area (Å²) in [4.78, 5) is 13.2. The minimum Gasteiger partial charge on any atom is -0.507 e. The van der Waals surface area contributed by atoms with Crippen LogP contribution >= 0.6 is 0 Å². The third-order valence-corrected chi connectivity index (χ3v) is 6.52. The number of aliphatic hydroxyl groups excluding tert-OH is 5. The molecule has 4 rings (SSSR count). The van der Waals surface area contributed by atoms with E-state index < -0.39 is 72.6 Å². The average molecular weight is 535 g/mol. The maximum absolute atomic E-state index is 13.2. The molecule has 2 aromatic carbocycles. The first-order chi connectivity index (χ1) is 17.9. The lowest BCUT2D eigenvalue weighted by Gasteiger charge is -2.40. The third-order valence-electron chi connectivity index (χ3n) is 6.52. The van der Waals surface area contributed by atoms with Crippen LogP contribution < -0.4 is 9.47 Å². The Morgan fingerprint density at radius 3 is 2.34 bits per heavy atom. The van der Waals surface area contributed by atoms with E-state index in [9.17, 15) is 45.6 Å². The Kier molecular flexibility index (Phi) is 7.83. The molecule has 1 fully saturated rings. The molecule has 12 heteroatoms. The first-order valence-electron chi connectivity index (χ1n) is 11.8. The molecule has 0 bridgehead atoms. The van der Waals surface area contributed by atoms with E-state index in [0.29, 0.717) is 0 Å². The lowest BCUT2D eigenvalue weighted by atomic mass is 9.90. The molecule has 0 spiro atoms. The molecule has 2 aliphatic rings. The van der Waals surface area contributed by atoms with Crippen molar-refractivity contribution < 1.29 is 59.9 Å². The number of rotatable bonds is 6. The number of allylic oxidation sites excluding steroid dienone is 2. The van der Waals surface area contributed by atoms with E-state index in [1.165, 1.54) is 12.1 Å². The van der Waals surface area contributed by atoms with Gasteiger partial charge in [-0.05, 0) is 38.0 Å². The molecule has 12 nitrogen and oxygen atoms in total. The summed E-state index contributed by atoms with van der Waals surface area (Å²) in [6, 6.07) is 4.88. The summed E-state index contributed by atoms with van der Waals surface area (Å²) in [6.07, 6.45) is -9.16. The number of benzene rings is 2. The summed E-state index contributed by atoms with van der Waals surface area (Å²) in [5, 5.41) is 81.4. The Hall–Kier alpha value is -3.39. The van der Waals surface area contributed by atoms with E-state index in [1.54, 1.807) is 6.08 Å². The van der Waals surface area contributed by atoms with Gasteiger partial charge in [0.05, 0.1) is 6.61 Å². The van der Waals surface area contributed by atoms with Gasteiger partial charge in [0, 0.05) is 11.6 Å². The lowest BCUT2D eigenvalue weighted by molar-refractivity contribution is -0.277. The number of ether oxygens (including phenoxy) is 3. The number of aromatic hydroxyl groups is 3. The summed E-state index contributed by atoms with van der Waals surface area (Å²) >= 11 is 0. The fourth-order valence-electron chi connectivity index (χ4n) is 4.35. The van der Waals surface area contributed by atoms with Crippen molar-refractivity contribution in [2.45, 2.75) is 63.2 Å². The zero-order chi connectivity index (χ0) is 27.9. The van der Waals surface area contributed by atoms with E-state index >= 15 is 0 Å². The Labute approximate surface area is 217 Å². The number of carbonyl (C=O) groups is 1. The summed E-state index contributed by atoms with van der Waals surface area (Å²) in [6.45, 7) is 2.94. The van der Waals surface area contributed by atoms with Gasteiger partial charge in [0.2, 0.25) is 12.1 Å². The van der Waals surface area contributed by atoms with Crippen molar-refractivity contribution >= 4 is 5.78 Å². The molecule has 206 valence electrons. The molecule has 2 aromatic rings. The van der Waals surface area contributed by atoms with Gasteiger partial charge in [0.25, 0.3) is 0 Å². The van der Waals surface area contributed by atoms with Crippen molar-refractivity contribution in [2.24, 2.45) is 0 Å². The predicted octanol–water partition coefficient (Wildman–Crippen LogP) is 0.168. The van der Waals surface area contributed by atoms with Crippen molar-refractivity contribution in [3.63, 3.8) is 0 Å². The average Bonchev–Trinajstić information content (AvgIpc) is 2.87. The highest BCUT2D eigenvalue weighted by Gasteiger charge is 2.46. The van der Waals surface area contributed by atoms with E-state index in [1.807, 2.05) is 13.8 Å². The van der Waals surface area contributed by atoms with Gasteiger partial charge >= 0.3 is 0 Å². The van der Waals surface area contributed by atoms with E-state index in [4.69, 9.17) is 14.2 Å². The van der Waals surface area contributed by atoms with Crippen LogP contribution in [0.3, 0.4) is 0 Å². The zero-order valence-corrected chi connectivity index (χ0v) is 20.6. The van der Waals surface area contributed by atoms with Crippen molar-refractivity contribution in [3.8, 4) is 28.7 Å². The van der Waals surface area contributed by atoms with Crippen LogP contribution in [0.15, 0.2) is 35.9 Å². The fourth-order valence-corrected chi connectivity index (χ4v) is 4.35. The van der Waals surface area contributed by atoms with Gasteiger partial charge in [-0.25, -0.2) is 0 Å². The second-order valence-electron chi connectivity index (χ2n) is 9.47. The van der Waals surface area contributed by atoms with Gasteiger partial charge < -0.3 is 55.1 Å². The third kappa shape index (κ3) is 5.01. The lowest BCUT2D eigenvalue weighted by Crippen LogP contribution is -2.60. The van der Waals surface area contributed by atoms with Gasteiger partial charge in [-0.2, -0.15) is 0 Å². The molecule has 0 saturated carbocycles. The molecule has 8 N–H and O–H groups in total. The van der Waals surface area contributed by atoms with Crippen LogP contribution in [-0.2, 0) is 11.2 Å². The number of Topliss-reactive ketones (excluding diaryl/α,β-unsaturated/α-hetero) is 1. The van der Waals surface area contributed by atoms with Crippen LogP contribution in [0.25, 0.3) is 0 Å². The molecule has 0 amide bonds. The van der Waals surface area contributed by atoms with Crippen molar-refractivity contribution in [2.75, 3.05) is 6.61 Å². The second kappa shape index (κ2) is 10.8. The summed E-state index contributed by atoms with van der Waals surface area (Å²) in [5.74, 6) is -2.60. The van der Waals surface area contributed by atoms with Gasteiger partial charge in [0.1, 0.15) is 47.2 Å². The largest absolute Gasteiger partial charge is 0.507 e. The van der Waals surface area contributed by atoms with Crippen LogP contribution in [0.5, 0.6) is 28.7 Å². The Morgan fingerprint density at radius 1 is 1.00 bits per heavy atom. The Bertz CT molecular complexity index is 1240. The number of aliphatic hydroxyl groups is 5. The predicted molar refractivity (Wildman–Crippen MR) is 129 cm³/mol. The zero-order valence-electron chi connectivity index (χ0n) is 20.6. The molecule has 38 heavy (non-hydrogen) atoms. The number of phenolic OH excluding ortho intramolecular Hbond substituents is 3.